The van der Waals surface area contributed by atoms with Gasteiger partial charge in [0, 0.05) is 46.0 Å². The number of anilines is 2. The molecular formula is C15H23ClN6. The summed E-state index contributed by atoms with van der Waals surface area (Å²) in [6, 6.07) is 1.95. The second kappa shape index (κ2) is 6.52. The first-order chi connectivity index (χ1) is 10.3. The topological polar surface area (TPSA) is 50.1 Å². The summed E-state index contributed by atoms with van der Waals surface area (Å²) in [4.78, 5) is 17.5. The van der Waals surface area contributed by atoms with E-state index in [1.807, 2.05) is 54.8 Å². The molecule has 0 aliphatic rings. The lowest BCUT2D eigenvalue weighted by molar-refractivity contribution is 0.724. The van der Waals surface area contributed by atoms with Gasteiger partial charge in [0.2, 0.25) is 11.9 Å². The van der Waals surface area contributed by atoms with E-state index in [4.69, 9.17) is 11.6 Å². The van der Waals surface area contributed by atoms with Gasteiger partial charge < -0.3 is 14.4 Å². The Morgan fingerprint density at radius 2 is 1.77 bits per heavy atom. The summed E-state index contributed by atoms with van der Waals surface area (Å²) in [5.41, 5.74) is 1.10. The third-order valence-corrected chi connectivity index (χ3v) is 3.57. The predicted molar refractivity (Wildman–Crippen MR) is 90.8 cm³/mol. The van der Waals surface area contributed by atoms with Gasteiger partial charge in [0.05, 0.1) is 11.6 Å². The lowest BCUT2D eigenvalue weighted by atomic mass is 10.2. The first-order valence-corrected chi connectivity index (χ1v) is 7.61. The Morgan fingerprint density at radius 1 is 1.14 bits per heavy atom. The minimum atomic E-state index is 0.248. The van der Waals surface area contributed by atoms with Gasteiger partial charge in [-0.25, -0.2) is 0 Å². The summed E-state index contributed by atoms with van der Waals surface area (Å²) in [7, 11) is 7.81. The summed E-state index contributed by atoms with van der Waals surface area (Å²) in [6.07, 6.45) is 1.89. The van der Waals surface area contributed by atoms with E-state index in [9.17, 15) is 0 Å². The average Bonchev–Trinajstić information content (AvgIpc) is 2.76. The zero-order chi connectivity index (χ0) is 16.4. The molecule has 0 saturated carbocycles. The van der Waals surface area contributed by atoms with Crippen molar-refractivity contribution in [2.75, 3.05) is 30.9 Å². The highest BCUT2D eigenvalue weighted by atomic mass is 35.5. The molecule has 0 bridgehead atoms. The summed E-state index contributed by atoms with van der Waals surface area (Å²) in [6.45, 7) is 4.84. The highest BCUT2D eigenvalue weighted by Crippen LogP contribution is 2.20. The molecule has 0 amide bonds. The van der Waals surface area contributed by atoms with Crippen molar-refractivity contribution in [2.45, 2.75) is 26.3 Å². The minimum absolute atomic E-state index is 0.248. The van der Waals surface area contributed by atoms with Crippen molar-refractivity contribution >= 4 is 23.5 Å². The van der Waals surface area contributed by atoms with Crippen molar-refractivity contribution in [1.29, 1.82) is 0 Å². The smallest absolute Gasteiger partial charge is 0.230 e. The highest BCUT2D eigenvalue weighted by Gasteiger charge is 2.15. The fourth-order valence-corrected chi connectivity index (χ4v) is 2.31. The minimum Gasteiger partial charge on any atom is -0.351 e. The average molecular weight is 323 g/mol. The van der Waals surface area contributed by atoms with E-state index in [0.717, 1.165) is 16.5 Å². The van der Waals surface area contributed by atoms with Crippen LogP contribution < -0.4 is 9.80 Å². The summed E-state index contributed by atoms with van der Waals surface area (Å²) < 4.78 is 2.01. The van der Waals surface area contributed by atoms with Crippen LogP contribution in [0.1, 0.15) is 31.3 Å². The van der Waals surface area contributed by atoms with Gasteiger partial charge in [-0.2, -0.15) is 15.0 Å². The molecule has 0 aliphatic carbocycles. The van der Waals surface area contributed by atoms with E-state index in [0.29, 0.717) is 18.4 Å². The summed E-state index contributed by atoms with van der Waals surface area (Å²) >= 11 is 6.04. The van der Waals surface area contributed by atoms with Gasteiger partial charge in [0.15, 0.2) is 0 Å². The number of hydrogen-bond acceptors (Lipinski definition) is 5. The second-order valence-electron chi connectivity index (χ2n) is 5.96. The molecule has 0 aliphatic heterocycles. The zero-order valence-corrected chi connectivity index (χ0v) is 14.8. The Labute approximate surface area is 136 Å². The van der Waals surface area contributed by atoms with Crippen molar-refractivity contribution in [2.24, 2.45) is 7.05 Å². The van der Waals surface area contributed by atoms with Crippen molar-refractivity contribution in [3.05, 3.63) is 28.8 Å². The van der Waals surface area contributed by atoms with Gasteiger partial charge in [-0.05, 0) is 6.07 Å². The summed E-state index contributed by atoms with van der Waals surface area (Å²) in [5, 5.41) is 0.735. The van der Waals surface area contributed by atoms with E-state index >= 15 is 0 Å². The Balaban J connectivity index is 2.31. The van der Waals surface area contributed by atoms with E-state index in [2.05, 4.69) is 28.8 Å². The second-order valence-corrected chi connectivity index (χ2v) is 6.40. The van der Waals surface area contributed by atoms with Crippen LogP contribution in [0.2, 0.25) is 5.02 Å². The normalized spacial score (nSPS) is 11.1. The number of nitrogens with zero attached hydrogens (tertiary/aromatic N) is 6. The molecular weight excluding hydrogens is 300 g/mol. The van der Waals surface area contributed by atoms with Crippen molar-refractivity contribution in [3.63, 3.8) is 0 Å². The van der Waals surface area contributed by atoms with E-state index < -0.39 is 0 Å². The van der Waals surface area contributed by atoms with Crippen LogP contribution in [0.15, 0.2) is 12.3 Å². The first-order valence-electron chi connectivity index (χ1n) is 7.23. The Morgan fingerprint density at radius 3 is 2.27 bits per heavy atom. The molecule has 2 aromatic rings. The fourth-order valence-electron chi connectivity index (χ4n) is 2.04. The van der Waals surface area contributed by atoms with E-state index in [1.165, 1.54) is 0 Å². The Bertz CT molecular complexity index is 623. The molecule has 7 heteroatoms. The Hall–Kier alpha value is -1.82. The van der Waals surface area contributed by atoms with Crippen LogP contribution in [0, 0.1) is 0 Å². The molecule has 120 valence electrons. The number of aryl methyl sites for hydroxylation is 1. The van der Waals surface area contributed by atoms with Gasteiger partial charge >= 0.3 is 0 Å². The van der Waals surface area contributed by atoms with Crippen molar-refractivity contribution < 1.29 is 0 Å². The van der Waals surface area contributed by atoms with Crippen LogP contribution in [0.5, 0.6) is 0 Å². The predicted octanol–water partition coefficient (Wildman–Crippen LogP) is 2.69. The molecule has 2 rings (SSSR count). The molecule has 0 fully saturated rings. The first kappa shape index (κ1) is 16.5. The maximum atomic E-state index is 6.04. The quantitative estimate of drug-likeness (QED) is 0.847. The van der Waals surface area contributed by atoms with Gasteiger partial charge in [0.1, 0.15) is 5.82 Å². The van der Waals surface area contributed by atoms with E-state index in [-0.39, 0.29) is 5.92 Å². The molecule has 6 nitrogen and oxygen atoms in total. The third-order valence-electron chi connectivity index (χ3n) is 3.36. The van der Waals surface area contributed by atoms with Crippen LogP contribution in [0.25, 0.3) is 0 Å². The summed E-state index contributed by atoms with van der Waals surface area (Å²) in [5.74, 6) is 2.38. The molecule has 22 heavy (non-hydrogen) atoms. The standard InChI is InChI=1S/C15H23ClN6/c1-10(2)13-17-14(20(3)4)19-15(18-13)22(6)9-12-7-11(16)8-21(12)5/h7-8,10H,9H2,1-6H3. The number of hydrogen-bond donors (Lipinski definition) is 0. The van der Waals surface area contributed by atoms with Crippen LogP contribution in [0.3, 0.4) is 0 Å². The van der Waals surface area contributed by atoms with Crippen LogP contribution >= 0.6 is 11.6 Å². The van der Waals surface area contributed by atoms with Crippen LogP contribution in [-0.2, 0) is 13.6 Å². The molecule has 0 radical (unpaired) electrons. The number of rotatable bonds is 5. The molecule has 0 N–H and O–H groups in total. The van der Waals surface area contributed by atoms with Gasteiger partial charge in [-0.1, -0.05) is 25.4 Å². The van der Waals surface area contributed by atoms with Crippen molar-refractivity contribution in [1.82, 2.24) is 19.5 Å². The van der Waals surface area contributed by atoms with E-state index in [1.54, 1.807) is 0 Å². The number of halogens is 1. The fraction of sp³-hybridized carbons (Fsp3) is 0.533. The molecule has 0 saturated heterocycles. The monoisotopic (exact) mass is 322 g/mol. The molecule has 0 unspecified atom stereocenters. The van der Waals surface area contributed by atoms with Gasteiger partial charge in [0.25, 0.3) is 0 Å². The van der Waals surface area contributed by atoms with Gasteiger partial charge in [-0.3, -0.25) is 0 Å². The molecule has 0 aromatic carbocycles. The highest BCUT2D eigenvalue weighted by molar-refractivity contribution is 6.30. The zero-order valence-electron chi connectivity index (χ0n) is 14.0. The largest absolute Gasteiger partial charge is 0.351 e. The van der Waals surface area contributed by atoms with Crippen molar-refractivity contribution in [3.8, 4) is 0 Å². The number of aromatic nitrogens is 4. The lowest BCUT2D eigenvalue weighted by Gasteiger charge is -2.20. The third kappa shape index (κ3) is 3.68. The maximum absolute atomic E-state index is 6.04. The maximum Gasteiger partial charge on any atom is 0.230 e. The molecule has 2 aromatic heterocycles. The Kier molecular flexibility index (Phi) is 4.90. The molecule has 0 atom stereocenters. The SMILES string of the molecule is CC(C)c1nc(N(C)C)nc(N(C)Cc2cc(Cl)cn2C)n1. The van der Waals surface area contributed by atoms with Crippen LogP contribution in [0.4, 0.5) is 11.9 Å². The molecule has 0 spiro atoms. The molecule has 2 heterocycles. The van der Waals surface area contributed by atoms with Crippen LogP contribution in [-0.4, -0.2) is 40.7 Å². The van der Waals surface area contributed by atoms with Gasteiger partial charge in [-0.15, -0.1) is 0 Å². The lowest BCUT2D eigenvalue weighted by Crippen LogP contribution is -2.24.